The summed E-state index contributed by atoms with van der Waals surface area (Å²) in [6, 6.07) is -0.0472. The maximum Gasteiger partial charge on any atom is 0.236 e. The van der Waals surface area contributed by atoms with Crippen LogP contribution >= 0.6 is 15.9 Å². The molecule has 1 aliphatic carbocycles. The third-order valence-electron chi connectivity index (χ3n) is 2.42. The van der Waals surface area contributed by atoms with Gasteiger partial charge in [0.1, 0.15) is 0 Å². The molecule has 1 saturated carbocycles. The number of carbonyl (C=O) groups excluding carboxylic acids is 1. The van der Waals surface area contributed by atoms with Gasteiger partial charge in [0.2, 0.25) is 5.91 Å². The van der Waals surface area contributed by atoms with Crippen LogP contribution < -0.4 is 11.1 Å². The molecule has 1 amide bonds. The van der Waals surface area contributed by atoms with Gasteiger partial charge in [0.05, 0.1) is 6.04 Å². The second kappa shape index (κ2) is 4.96. The summed E-state index contributed by atoms with van der Waals surface area (Å²) in [5.74, 6) is -0.0296. The van der Waals surface area contributed by atoms with Crippen LogP contribution in [-0.2, 0) is 4.79 Å². The summed E-state index contributed by atoms with van der Waals surface area (Å²) >= 11 is 3.57. The summed E-state index contributed by atoms with van der Waals surface area (Å²) in [5, 5.41) is 2.95. The van der Waals surface area contributed by atoms with Crippen LogP contribution in [0.1, 0.15) is 32.6 Å². The van der Waals surface area contributed by atoms with Crippen LogP contribution in [0.4, 0.5) is 0 Å². The summed E-state index contributed by atoms with van der Waals surface area (Å²) in [5.41, 5.74) is 5.46. The Balaban J connectivity index is 2.26. The maximum atomic E-state index is 11.2. The zero-order valence-electron chi connectivity index (χ0n) is 7.92. The fourth-order valence-electron chi connectivity index (χ4n) is 1.53. The number of rotatable bonds is 2. The predicted molar refractivity (Wildman–Crippen MR) is 56.8 cm³/mol. The van der Waals surface area contributed by atoms with E-state index in [0.717, 1.165) is 25.7 Å². The van der Waals surface area contributed by atoms with Gasteiger partial charge < -0.3 is 11.1 Å². The van der Waals surface area contributed by atoms with Crippen LogP contribution in [0.3, 0.4) is 0 Å². The normalized spacial score (nSPS) is 31.0. The van der Waals surface area contributed by atoms with Gasteiger partial charge in [-0.15, -0.1) is 0 Å². The molecule has 0 heterocycles. The molecule has 4 heteroatoms. The molecule has 1 aliphatic rings. The number of amides is 1. The molecule has 13 heavy (non-hydrogen) atoms. The summed E-state index contributed by atoms with van der Waals surface area (Å²) in [6.07, 6.45) is 4.41. The summed E-state index contributed by atoms with van der Waals surface area (Å²) in [4.78, 5) is 11.9. The lowest BCUT2D eigenvalue weighted by molar-refractivity contribution is -0.122. The van der Waals surface area contributed by atoms with Crippen molar-refractivity contribution in [1.29, 1.82) is 0 Å². The molecule has 76 valence electrons. The molecular weight excluding hydrogens is 232 g/mol. The van der Waals surface area contributed by atoms with Crippen molar-refractivity contribution in [2.45, 2.75) is 49.5 Å². The maximum absolute atomic E-state index is 11.2. The van der Waals surface area contributed by atoms with E-state index in [9.17, 15) is 4.79 Å². The van der Waals surface area contributed by atoms with E-state index in [-0.39, 0.29) is 11.9 Å². The molecule has 0 aromatic rings. The summed E-state index contributed by atoms with van der Waals surface area (Å²) in [6.45, 7) is 1.71. The summed E-state index contributed by atoms with van der Waals surface area (Å²) in [7, 11) is 0. The molecule has 0 unspecified atom stereocenters. The van der Waals surface area contributed by atoms with Crippen LogP contribution in [0.25, 0.3) is 0 Å². The second-order valence-corrected chi connectivity index (χ2v) is 5.04. The fourth-order valence-corrected chi connectivity index (χ4v) is 2.06. The van der Waals surface area contributed by atoms with E-state index in [0.29, 0.717) is 10.9 Å². The van der Waals surface area contributed by atoms with Gasteiger partial charge in [0.25, 0.3) is 0 Å². The van der Waals surface area contributed by atoms with Crippen LogP contribution in [0.5, 0.6) is 0 Å². The quantitative estimate of drug-likeness (QED) is 0.721. The highest BCUT2D eigenvalue weighted by molar-refractivity contribution is 9.09. The lowest BCUT2D eigenvalue weighted by Crippen LogP contribution is -2.45. The van der Waals surface area contributed by atoms with Gasteiger partial charge >= 0.3 is 0 Å². The molecule has 0 aromatic carbocycles. The van der Waals surface area contributed by atoms with Crippen LogP contribution in [-0.4, -0.2) is 22.8 Å². The standard InChI is InChI=1S/C9H17BrN2O/c1-6(11)9(13)12-8-4-2-7(10)3-5-8/h6-8H,2-5,11H2,1H3,(H,12,13)/t6-,7?,8?/m0/s1. The Hall–Kier alpha value is -0.0900. The zero-order chi connectivity index (χ0) is 9.84. The molecule has 0 spiro atoms. The number of nitrogens with one attached hydrogen (secondary N) is 1. The van der Waals surface area contributed by atoms with E-state index in [1.165, 1.54) is 0 Å². The first kappa shape index (κ1) is 11.0. The van der Waals surface area contributed by atoms with Crippen LogP contribution in [0, 0.1) is 0 Å². The van der Waals surface area contributed by atoms with E-state index in [4.69, 9.17) is 5.73 Å². The molecule has 3 N–H and O–H groups in total. The Morgan fingerprint density at radius 3 is 2.46 bits per heavy atom. The smallest absolute Gasteiger partial charge is 0.236 e. The van der Waals surface area contributed by atoms with Gasteiger partial charge in [-0.1, -0.05) is 15.9 Å². The van der Waals surface area contributed by atoms with Crippen LogP contribution in [0.2, 0.25) is 0 Å². The van der Waals surface area contributed by atoms with Gasteiger partial charge in [-0.3, -0.25) is 4.79 Å². The molecule has 0 saturated heterocycles. The number of carbonyl (C=O) groups is 1. The Kier molecular flexibility index (Phi) is 4.19. The number of halogens is 1. The van der Waals surface area contributed by atoms with Crippen molar-refractivity contribution in [3.8, 4) is 0 Å². The highest BCUT2D eigenvalue weighted by atomic mass is 79.9. The Labute approximate surface area is 87.6 Å². The molecule has 3 nitrogen and oxygen atoms in total. The van der Waals surface area contributed by atoms with E-state index in [1.54, 1.807) is 6.92 Å². The first-order chi connectivity index (χ1) is 6.09. The lowest BCUT2D eigenvalue weighted by Gasteiger charge is -2.26. The first-order valence-electron chi connectivity index (χ1n) is 4.79. The molecular formula is C9H17BrN2O. The second-order valence-electron chi connectivity index (χ2n) is 3.75. The van der Waals surface area contributed by atoms with E-state index < -0.39 is 0 Å². The van der Waals surface area contributed by atoms with Crippen molar-refractivity contribution in [3.05, 3.63) is 0 Å². The average molecular weight is 249 g/mol. The first-order valence-corrected chi connectivity index (χ1v) is 5.71. The average Bonchev–Trinajstić information content (AvgIpc) is 2.08. The van der Waals surface area contributed by atoms with Gasteiger partial charge in [0, 0.05) is 10.9 Å². The minimum Gasteiger partial charge on any atom is -0.352 e. The monoisotopic (exact) mass is 248 g/mol. The highest BCUT2D eigenvalue weighted by Gasteiger charge is 2.21. The van der Waals surface area contributed by atoms with Crippen molar-refractivity contribution >= 4 is 21.8 Å². The van der Waals surface area contributed by atoms with Crippen molar-refractivity contribution in [2.75, 3.05) is 0 Å². The number of hydrogen-bond donors (Lipinski definition) is 2. The molecule has 0 aliphatic heterocycles. The van der Waals surface area contributed by atoms with Gasteiger partial charge in [0.15, 0.2) is 0 Å². The largest absolute Gasteiger partial charge is 0.352 e. The molecule has 1 fully saturated rings. The SMILES string of the molecule is C[C@H](N)C(=O)NC1CCC(Br)CC1. The summed E-state index contributed by atoms with van der Waals surface area (Å²) < 4.78 is 0. The Bertz CT molecular complexity index is 176. The van der Waals surface area contributed by atoms with E-state index in [1.807, 2.05) is 0 Å². The predicted octanol–water partition coefficient (Wildman–Crippen LogP) is 1.16. The third kappa shape index (κ3) is 3.65. The fraction of sp³-hybridized carbons (Fsp3) is 0.889. The van der Waals surface area contributed by atoms with Gasteiger partial charge in [-0.05, 0) is 32.6 Å². The topological polar surface area (TPSA) is 55.1 Å². The van der Waals surface area contributed by atoms with Crippen molar-refractivity contribution < 1.29 is 4.79 Å². The Morgan fingerprint density at radius 2 is 2.00 bits per heavy atom. The number of nitrogens with two attached hydrogens (primary N) is 1. The minimum atomic E-state index is -0.387. The number of hydrogen-bond acceptors (Lipinski definition) is 2. The van der Waals surface area contributed by atoms with Crippen molar-refractivity contribution in [2.24, 2.45) is 5.73 Å². The molecule has 1 atom stereocenters. The third-order valence-corrected chi connectivity index (χ3v) is 3.33. The van der Waals surface area contributed by atoms with Crippen LogP contribution in [0.15, 0.2) is 0 Å². The minimum absolute atomic E-state index is 0.0296. The van der Waals surface area contributed by atoms with Crippen molar-refractivity contribution in [1.82, 2.24) is 5.32 Å². The lowest BCUT2D eigenvalue weighted by atomic mass is 9.95. The molecule has 0 aromatic heterocycles. The Morgan fingerprint density at radius 1 is 1.46 bits per heavy atom. The highest BCUT2D eigenvalue weighted by Crippen LogP contribution is 2.24. The van der Waals surface area contributed by atoms with E-state index in [2.05, 4.69) is 21.2 Å². The van der Waals surface area contributed by atoms with Gasteiger partial charge in [-0.25, -0.2) is 0 Å². The van der Waals surface area contributed by atoms with Gasteiger partial charge in [-0.2, -0.15) is 0 Å². The molecule has 0 radical (unpaired) electrons. The molecule has 1 rings (SSSR count). The van der Waals surface area contributed by atoms with E-state index >= 15 is 0 Å². The number of alkyl halides is 1. The van der Waals surface area contributed by atoms with Crippen molar-refractivity contribution in [3.63, 3.8) is 0 Å². The zero-order valence-corrected chi connectivity index (χ0v) is 9.51. The molecule has 0 bridgehead atoms.